The third-order valence-corrected chi connectivity index (χ3v) is 6.10. The Balaban J connectivity index is 2.46. The molecule has 5 nitrogen and oxygen atoms in total. The lowest BCUT2D eigenvalue weighted by Crippen LogP contribution is -2.61. The van der Waals surface area contributed by atoms with Crippen molar-refractivity contribution in [1.82, 2.24) is 0 Å². The molecule has 0 saturated heterocycles. The lowest BCUT2D eigenvalue weighted by molar-refractivity contribution is -0.214. The van der Waals surface area contributed by atoms with Crippen LogP contribution >= 0.6 is 0 Å². The van der Waals surface area contributed by atoms with E-state index in [1.165, 1.54) is 13.8 Å². The molecule has 2 fully saturated rings. The Kier molecular flexibility index (Phi) is 5.39. The molecule has 0 aliphatic heterocycles. The van der Waals surface area contributed by atoms with Crippen LogP contribution in [0.5, 0.6) is 0 Å². The summed E-state index contributed by atoms with van der Waals surface area (Å²) in [7, 11) is 0. The topological polar surface area (TPSA) is 72.8 Å². The van der Waals surface area contributed by atoms with Gasteiger partial charge in [0.1, 0.15) is 12.7 Å². The lowest BCUT2D eigenvalue weighted by Gasteiger charge is -2.60. The highest BCUT2D eigenvalue weighted by Gasteiger charge is 2.61. The SMILES string of the molecule is CC(=O)OC[C@@]12[C@H](CO)CCC[C@@H]1C(C)(C)CC[C@@H]2OC(C)=O. The first-order chi connectivity index (χ1) is 10.7. The van der Waals surface area contributed by atoms with Crippen LogP contribution in [-0.2, 0) is 19.1 Å². The number of aliphatic hydroxyl groups is 1. The summed E-state index contributed by atoms with van der Waals surface area (Å²) in [5.74, 6) is -0.383. The zero-order valence-corrected chi connectivity index (χ0v) is 14.8. The van der Waals surface area contributed by atoms with Crippen LogP contribution in [0.15, 0.2) is 0 Å². The fraction of sp³-hybridized carbons (Fsp3) is 0.889. The normalized spacial score (nSPS) is 36.0. The van der Waals surface area contributed by atoms with Gasteiger partial charge in [-0.2, -0.15) is 0 Å². The predicted octanol–water partition coefficient (Wildman–Crippen LogP) is 2.70. The maximum atomic E-state index is 11.6. The zero-order valence-electron chi connectivity index (χ0n) is 14.8. The van der Waals surface area contributed by atoms with Crippen molar-refractivity contribution in [2.45, 2.75) is 65.9 Å². The van der Waals surface area contributed by atoms with Gasteiger partial charge in [-0.3, -0.25) is 9.59 Å². The van der Waals surface area contributed by atoms with Crippen LogP contribution in [0.1, 0.15) is 59.8 Å². The minimum absolute atomic E-state index is 0.00970. The minimum Gasteiger partial charge on any atom is -0.465 e. The largest absolute Gasteiger partial charge is 0.465 e. The van der Waals surface area contributed by atoms with E-state index in [0.29, 0.717) is 0 Å². The summed E-state index contributed by atoms with van der Waals surface area (Å²) in [5, 5.41) is 10.0. The standard InChI is InChI=1S/C18H30O5/c1-12(20)22-11-18-14(10-19)6-5-7-15(18)17(3,4)9-8-16(18)23-13(2)21/h14-16,19H,5-11H2,1-4H3/t14-,15+,16-,18+/m0/s1. The minimum atomic E-state index is -0.480. The summed E-state index contributed by atoms with van der Waals surface area (Å²) in [6, 6.07) is 0. The second kappa shape index (κ2) is 6.80. The van der Waals surface area contributed by atoms with E-state index in [4.69, 9.17) is 9.47 Å². The number of aliphatic hydroxyl groups excluding tert-OH is 1. The molecule has 4 atom stereocenters. The Morgan fingerprint density at radius 2 is 1.83 bits per heavy atom. The average Bonchev–Trinajstić information content (AvgIpc) is 2.47. The number of hydrogen-bond acceptors (Lipinski definition) is 5. The number of esters is 2. The van der Waals surface area contributed by atoms with Gasteiger partial charge in [0.15, 0.2) is 0 Å². The van der Waals surface area contributed by atoms with Gasteiger partial charge in [0.25, 0.3) is 0 Å². The van der Waals surface area contributed by atoms with Crippen LogP contribution in [0.3, 0.4) is 0 Å². The first-order valence-corrected chi connectivity index (χ1v) is 8.65. The van der Waals surface area contributed by atoms with Crippen molar-refractivity contribution >= 4 is 11.9 Å². The molecule has 0 aromatic rings. The molecule has 23 heavy (non-hydrogen) atoms. The van der Waals surface area contributed by atoms with Crippen molar-refractivity contribution in [2.24, 2.45) is 22.7 Å². The molecule has 2 rings (SSSR count). The quantitative estimate of drug-likeness (QED) is 0.804. The molecule has 5 heteroatoms. The number of hydrogen-bond donors (Lipinski definition) is 1. The molecule has 1 N–H and O–H groups in total. The monoisotopic (exact) mass is 326 g/mol. The molecule has 2 aliphatic carbocycles. The molecule has 0 heterocycles. The highest BCUT2D eigenvalue weighted by atomic mass is 16.6. The van der Waals surface area contributed by atoms with Gasteiger partial charge in [0.05, 0.1) is 0 Å². The van der Waals surface area contributed by atoms with Crippen LogP contribution in [0.4, 0.5) is 0 Å². The summed E-state index contributed by atoms with van der Waals surface area (Å²) >= 11 is 0. The van der Waals surface area contributed by atoms with Gasteiger partial charge in [0, 0.05) is 25.9 Å². The van der Waals surface area contributed by atoms with E-state index in [1.54, 1.807) is 0 Å². The van der Waals surface area contributed by atoms with Crippen LogP contribution < -0.4 is 0 Å². The van der Waals surface area contributed by atoms with E-state index in [0.717, 1.165) is 32.1 Å². The molecule has 0 aromatic heterocycles. The first-order valence-electron chi connectivity index (χ1n) is 8.65. The Bertz CT molecular complexity index is 458. The molecule has 0 spiro atoms. The Hall–Kier alpha value is -1.10. The molecule has 0 amide bonds. The van der Waals surface area contributed by atoms with Crippen molar-refractivity contribution in [3.05, 3.63) is 0 Å². The van der Waals surface area contributed by atoms with Crippen LogP contribution in [0.2, 0.25) is 0 Å². The molecular formula is C18H30O5. The van der Waals surface area contributed by atoms with E-state index >= 15 is 0 Å². The highest BCUT2D eigenvalue weighted by Crippen LogP contribution is 2.60. The van der Waals surface area contributed by atoms with E-state index in [9.17, 15) is 14.7 Å². The molecule has 0 radical (unpaired) electrons. The van der Waals surface area contributed by atoms with Gasteiger partial charge in [-0.25, -0.2) is 0 Å². The van der Waals surface area contributed by atoms with Crippen molar-refractivity contribution < 1.29 is 24.2 Å². The molecular weight excluding hydrogens is 296 g/mol. The summed E-state index contributed by atoms with van der Waals surface area (Å²) in [5.41, 5.74) is -0.406. The average molecular weight is 326 g/mol. The second-order valence-electron chi connectivity index (χ2n) is 7.88. The third kappa shape index (κ3) is 3.39. The molecule has 132 valence electrons. The van der Waals surface area contributed by atoms with E-state index in [-0.39, 0.29) is 48.5 Å². The number of ether oxygens (including phenoxy) is 2. The Morgan fingerprint density at radius 1 is 1.13 bits per heavy atom. The van der Waals surface area contributed by atoms with Crippen LogP contribution in [-0.4, -0.2) is 36.4 Å². The number of rotatable bonds is 4. The van der Waals surface area contributed by atoms with Gasteiger partial charge in [0.2, 0.25) is 0 Å². The highest BCUT2D eigenvalue weighted by molar-refractivity contribution is 5.66. The summed E-state index contributed by atoms with van der Waals surface area (Å²) in [6.45, 7) is 7.56. The molecule has 2 aliphatic rings. The van der Waals surface area contributed by atoms with Crippen LogP contribution in [0, 0.1) is 22.7 Å². The molecule has 0 bridgehead atoms. The van der Waals surface area contributed by atoms with Gasteiger partial charge in [-0.15, -0.1) is 0 Å². The summed E-state index contributed by atoms with van der Waals surface area (Å²) < 4.78 is 11.1. The van der Waals surface area contributed by atoms with Gasteiger partial charge < -0.3 is 14.6 Å². The number of fused-ring (bicyclic) bond motifs is 1. The van der Waals surface area contributed by atoms with E-state index in [1.807, 2.05) is 0 Å². The van der Waals surface area contributed by atoms with E-state index in [2.05, 4.69) is 13.8 Å². The molecule has 0 aromatic carbocycles. The number of carbonyl (C=O) groups is 2. The Labute approximate surface area is 138 Å². The second-order valence-corrected chi connectivity index (χ2v) is 7.88. The molecule has 2 saturated carbocycles. The lowest BCUT2D eigenvalue weighted by atomic mass is 9.47. The maximum Gasteiger partial charge on any atom is 0.302 e. The maximum absolute atomic E-state index is 11.6. The van der Waals surface area contributed by atoms with Gasteiger partial charge >= 0.3 is 11.9 Å². The number of carbonyl (C=O) groups excluding carboxylic acids is 2. The fourth-order valence-electron chi connectivity index (χ4n) is 5.11. The van der Waals surface area contributed by atoms with Crippen molar-refractivity contribution in [1.29, 1.82) is 0 Å². The smallest absolute Gasteiger partial charge is 0.302 e. The first kappa shape index (κ1) is 18.2. The summed E-state index contributed by atoms with van der Waals surface area (Å²) in [6.07, 6.45) is 4.37. The van der Waals surface area contributed by atoms with Crippen LogP contribution in [0.25, 0.3) is 0 Å². The van der Waals surface area contributed by atoms with Crippen molar-refractivity contribution in [2.75, 3.05) is 13.2 Å². The predicted molar refractivity (Wildman–Crippen MR) is 85.6 cm³/mol. The zero-order chi connectivity index (χ0) is 17.3. The van der Waals surface area contributed by atoms with E-state index < -0.39 is 5.41 Å². The van der Waals surface area contributed by atoms with Crippen molar-refractivity contribution in [3.8, 4) is 0 Å². The fourth-order valence-corrected chi connectivity index (χ4v) is 5.11. The van der Waals surface area contributed by atoms with Gasteiger partial charge in [-0.05, 0) is 42.9 Å². The summed E-state index contributed by atoms with van der Waals surface area (Å²) in [4.78, 5) is 23.1. The Morgan fingerprint density at radius 3 is 2.39 bits per heavy atom. The third-order valence-electron chi connectivity index (χ3n) is 6.10. The molecule has 0 unspecified atom stereocenters. The van der Waals surface area contributed by atoms with Crippen molar-refractivity contribution in [3.63, 3.8) is 0 Å². The van der Waals surface area contributed by atoms with Gasteiger partial charge in [-0.1, -0.05) is 20.3 Å².